The topological polar surface area (TPSA) is 36.3 Å². The van der Waals surface area contributed by atoms with Crippen LogP contribution in [0.2, 0.25) is 5.04 Å². The van der Waals surface area contributed by atoms with Crippen LogP contribution in [0.15, 0.2) is 102 Å². The fraction of sp³-hybridized carbons (Fsp3) is 0.375. The van der Waals surface area contributed by atoms with Crippen molar-refractivity contribution in [2.24, 2.45) is 5.41 Å². The zero-order chi connectivity index (χ0) is 32.5. The third-order valence-electron chi connectivity index (χ3n) is 10.3. The number of hydrogen-bond donors (Lipinski definition) is 0. The van der Waals surface area contributed by atoms with Gasteiger partial charge in [-0.2, -0.15) is 0 Å². The number of aromatic nitrogens is 2. The highest BCUT2D eigenvalue weighted by Gasteiger charge is 2.52. The maximum Gasteiger partial charge on any atom is 0.261 e. The lowest BCUT2D eigenvalue weighted by Crippen LogP contribution is -2.67. The standard InChI is InChI=1S/C40H47BrN2O2Si/c1-7-43-36-22-21-30(41)26-34(36)35(38(43)33-20-14-25-42-37(33)29(2)44-6)27-40(23-15-24-40)28-45-46(39(3,4)5,31-16-10-8-11-17-31)32-18-12-9-13-19-32/h8-14,16-22,25-26,29H,7,15,23-24,27-28H2,1-6H3/t29-/m0/s1. The van der Waals surface area contributed by atoms with Crippen molar-refractivity contribution in [2.45, 2.75) is 78.0 Å². The number of halogens is 1. The molecule has 0 radical (unpaired) electrons. The van der Waals surface area contributed by atoms with Gasteiger partial charge in [0, 0.05) is 47.4 Å². The van der Waals surface area contributed by atoms with Gasteiger partial charge in [0.2, 0.25) is 0 Å². The van der Waals surface area contributed by atoms with E-state index in [0.29, 0.717) is 0 Å². The first-order valence-electron chi connectivity index (χ1n) is 16.7. The molecule has 2 heterocycles. The summed E-state index contributed by atoms with van der Waals surface area (Å²) in [6.45, 7) is 13.1. The predicted molar refractivity (Wildman–Crippen MR) is 198 cm³/mol. The number of rotatable bonds is 11. The summed E-state index contributed by atoms with van der Waals surface area (Å²) in [5.74, 6) is 0. The van der Waals surface area contributed by atoms with Crippen molar-refractivity contribution < 1.29 is 9.16 Å². The molecule has 6 heteroatoms. The molecule has 0 saturated heterocycles. The molecule has 1 aliphatic rings. The second-order valence-corrected chi connectivity index (χ2v) is 19.3. The van der Waals surface area contributed by atoms with E-state index in [4.69, 9.17) is 14.1 Å². The van der Waals surface area contributed by atoms with Gasteiger partial charge in [-0.1, -0.05) is 104 Å². The first-order valence-corrected chi connectivity index (χ1v) is 19.4. The van der Waals surface area contributed by atoms with E-state index in [-0.39, 0.29) is 16.6 Å². The highest BCUT2D eigenvalue weighted by atomic mass is 79.9. The van der Waals surface area contributed by atoms with Gasteiger partial charge in [-0.05, 0) is 89.8 Å². The summed E-state index contributed by atoms with van der Waals surface area (Å²) in [5.41, 5.74) is 6.10. The molecule has 1 atom stereocenters. The minimum Gasteiger partial charge on any atom is -0.407 e. The van der Waals surface area contributed by atoms with E-state index in [1.807, 2.05) is 6.20 Å². The molecule has 0 spiro atoms. The molecule has 4 nitrogen and oxygen atoms in total. The molecule has 2 aromatic heterocycles. The first kappa shape index (κ1) is 32.9. The van der Waals surface area contributed by atoms with Crippen LogP contribution in [-0.4, -0.2) is 31.6 Å². The maximum atomic E-state index is 7.63. The Labute approximate surface area is 284 Å². The quantitative estimate of drug-likeness (QED) is 0.129. The molecule has 240 valence electrons. The van der Waals surface area contributed by atoms with Crippen LogP contribution in [0.3, 0.4) is 0 Å². The van der Waals surface area contributed by atoms with Crippen LogP contribution in [0.1, 0.15) is 71.2 Å². The Hall–Kier alpha value is -3.03. The molecule has 1 fully saturated rings. The zero-order valence-corrected chi connectivity index (χ0v) is 30.7. The summed E-state index contributed by atoms with van der Waals surface area (Å²) in [6, 6.07) is 33.1. The molecular formula is C40H47BrN2O2Si. The molecule has 3 aromatic carbocycles. The van der Waals surface area contributed by atoms with E-state index in [2.05, 4.69) is 146 Å². The molecule has 0 aliphatic heterocycles. The third kappa shape index (κ3) is 5.83. The van der Waals surface area contributed by atoms with Crippen LogP contribution in [0, 0.1) is 5.41 Å². The summed E-state index contributed by atoms with van der Waals surface area (Å²) in [6.07, 6.45) is 6.27. The van der Waals surface area contributed by atoms with Crippen LogP contribution in [0.4, 0.5) is 0 Å². The van der Waals surface area contributed by atoms with Crippen LogP contribution in [-0.2, 0) is 22.1 Å². The van der Waals surface area contributed by atoms with Crippen LogP contribution in [0.25, 0.3) is 22.2 Å². The van der Waals surface area contributed by atoms with Gasteiger partial charge in [0.1, 0.15) is 0 Å². The highest BCUT2D eigenvalue weighted by Crippen LogP contribution is 2.50. The van der Waals surface area contributed by atoms with Gasteiger partial charge in [0.05, 0.1) is 17.5 Å². The highest BCUT2D eigenvalue weighted by molar-refractivity contribution is 9.10. The number of fused-ring (bicyclic) bond motifs is 1. The number of nitrogens with zero attached hydrogens (tertiary/aromatic N) is 2. The second kappa shape index (κ2) is 13.2. The third-order valence-corrected chi connectivity index (χ3v) is 15.7. The maximum absolute atomic E-state index is 7.63. The molecule has 5 aromatic rings. The van der Waals surface area contributed by atoms with E-state index < -0.39 is 8.32 Å². The lowest BCUT2D eigenvalue weighted by Gasteiger charge is -2.48. The molecule has 1 aliphatic carbocycles. The SMILES string of the molecule is CCn1c(-c2cccnc2[C@H](C)OC)c(CC2(CO[Si](c3ccccc3)(c3ccccc3)C(C)(C)C)CCC2)c2cc(Br)ccc21. The van der Waals surface area contributed by atoms with Gasteiger partial charge >= 0.3 is 0 Å². The Morgan fingerprint density at radius 2 is 1.59 bits per heavy atom. The molecule has 46 heavy (non-hydrogen) atoms. The Morgan fingerprint density at radius 3 is 2.13 bits per heavy atom. The van der Waals surface area contributed by atoms with Gasteiger partial charge in [-0.25, -0.2) is 0 Å². The van der Waals surface area contributed by atoms with Crippen LogP contribution < -0.4 is 10.4 Å². The Balaban J connectivity index is 1.49. The Kier molecular flexibility index (Phi) is 9.46. The van der Waals surface area contributed by atoms with Crippen LogP contribution >= 0.6 is 15.9 Å². The van der Waals surface area contributed by atoms with Crippen molar-refractivity contribution in [2.75, 3.05) is 13.7 Å². The van der Waals surface area contributed by atoms with Crippen molar-refractivity contribution >= 4 is 45.5 Å². The number of pyridine rings is 1. The summed E-state index contributed by atoms with van der Waals surface area (Å²) in [5, 5.41) is 3.92. The molecule has 6 rings (SSSR count). The largest absolute Gasteiger partial charge is 0.407 e. The van der Waals surface area contributed by atoms with E-state index in [1.54, 1.807) is 7.11 Å². The number of methoxy groups -OCH3 is 1. The first-order chi connectivity index (χ1) is 22.1. The lowest BCUT2D eigenvalue weighted by molar-refractivity contribution is 0.0533. The molecule has 0 unspecified atom stereocenters. The second-order valence-electron chi connectivity index (χ2n) is 14.0. The number of aryl methyl sites for hydroxylation is 1. The van der Waals surface area contributed by atoms with E-state index in [1.165, 1.54) is 39.0 Å². The smallest absolute Gasteiger partial charge is 0.261 e. The van der Waals surface area contributed by atoms with E-state index in [0.717, 1.165) is 48.1 Å². The molecule has 0 N–H and O–H groups in total. The molecule has 1 saturated carbocycles. The monoisotopic (exact) mass is 694 g/mol. The molecule has 0 bridgehead atoms. The van der Waals surface area contributed by atoms with Gasteiger partial charge in [0.25, 0.3) is 8.32 Å². The fourth-order valence-electron chi connectivity index (χ4n) is 7.71. The van der Waals surface area contributed by atoms with E-state index >= 15 is 0 Å². The van der Waals surface area contributed by atoms with Gasteiger partial charge in [-0.15, -0.1) is 0 Å². The van der Waals surface area contributed by atoms with Crippen molar-refractivity contribution in [1.29, 1.82) is 0 Å². The van der Waals surface area contributed by atoms with Crippen molar-refractivity contribution in [1.82, 2.24) is 9.55 Å². The Bertz CT molecular complexity index is 1750. The van der Waals surface area contributed by atoms with Crippen molar-refractivity contribution in [3.05, 3.63) is 113 Å². The number of hydrogen-bond acceptors (Lipinski definition) is 3. The van der Waals surface area contributed by atoms with E-state index in [9.17, 15) is 0 Å². The number of ether oxygens (including phenoxy) is 1. The van der Waals surface area contributed by atoms with Gasteiger partial charge < -0.3 is 13.7 Å². The normalized spacial score (nSPS) is 15.5. The minimum absolute atomic E-state index is 0.0478. The average molecular weight is 696 g/mol. The number of benzene rings is 3. The predicted octanol–water partition coefficient (Wildman–Crippen LogP) is 9.48. The van der Waals surface area contributed by atoms with Gasteiger partial charge in [-0.3, -0.25) is 4.98 Å². The van der Waals surface area contributed by atoms with Gasteiger partial charge in [0.15, 0.2) is 0 Å². The Morgan fingerprint density at radius 1 is 0.935 bits per heavy atom. The summed E-state index contributed by atoms with van der Waals surface area (Å²) < 4.78 is 17.0. The zero-order valence-electron chi connectivity index (χ0n) is 28.1. The van der Waals surface area contributed by atoms with Crippen molar-refractivity contribution in [3.63, 3.8) is 0 Å². The molecule has 0 amide bonds. The van der Waals surface area contributed by atoms with Crippen molar-refractivity contribution in [3.8, 4) is 11.3 Å². The fourth-order valence-corrected chi connectivity index (χ4v) is 12.8. The summed E-state index contributed by atoms with van der Waals surface area (Å²) >= 11 is 3.81. The minimum atomic E-state index is -2.67. The average Bonchev–Trinajstić information content (AvgIpc) is 3.35. The summed E-state index contributed by atoms with van der Waals surface area (Å²) in [7, 11) is -0.903. The molecular weight excluding hydrogens is 648 g/mol. The van der Waals surface area contributed by atoms with Crippen LogP contribution in [0.5, 0.6) is 0 Å². The lowest BCUT2D eigenvalue weighted by atomic mass is 9.65. The summed E-state index contributed by atoms with van der Waals surface area (Å²) in [4.78, 5) is 4.86.